The van der Waals surface area contributed by atoms with Crippen molar-refractivity contribution in [1.82, 2.24) is 0 Å². The van der Waals surface area contributed by atoms with Crippen LogP contribution in [-0.4, -0.2) is 22.4 Å². The lowest BCUT2D eigenvalue weighted by molar-refractivity contribution is -0.129. The Morgan fingerprint density at radius 2 is 1.52 bits per heavy atom. The third-order valence-electron chi connectivity index (χ3n) is 11.1. The Balaban J connectivity index is 1.46. The number of aliphatic hydroxyl groups excluding tert-OH is 2. The van der Waals surface area contributed by atoms with Crippen LogP contribution in [0.5, 0.6) is 0 Å². The van der Waals surface area contributed by atoms with Crippen molar-refractivity contribution in [1.29, 1.82) is 0 Å². The number of fused-ring (bicyclic) bond motifs is 5. The molecular weight excluding hydrogens is 356 g/mol. The molecule has 0 amide bonds. The predicted molar refractivity (Wildman–Crippen MR) is 120 cm³/mol. The van der Waals surface area contributed by atoms with Gasteiger partial charge < -0.3 is 10.2 Å². The van der Waals surface area contributed by atoms with Gasteiger partial charge in [-0.1, -0.05) is 34.6 Å². The van der Waals surface area contributed by atoms with Crippen molar-refractivity contribution in [2.45, 2.75) is 117 Å². The predicted octanol–water partition coefficient (Wildman–Crippen LogP) is 6.44. The third kappa shape index (κ3) is 3.73. The van der Waals surface area contributed by atoms with E-state index in [0.717, 1.165) is 54.8 Å². The minimum Gasteiger partial charge on any atom is -0.393 e. The molecule has 0 aliphatic heterocycles. The van der Waals surface area contributed by atoms with Crippen LogP contribution < -0.4 is 0 Å². The zero-order chi connectivity index (χ0) is 21.0. The molecular formula is C27H48O2. The Hall–Kier alpha value is -0.0800. The van der Waals surface area contributed by atoms with E-state index in [4.69, 9.17) is 0 Å². The van der Waals surface area contributed by atoms with Crippen LogP contribution in [0.2, 0.25) is 0 Å². The minimum absolute atomic E-state index is 0.0311. The summed E-state index contributed by atoms with van der Waals surface area (Å²) in [5.41, 5.74) is 1.02. The van der Waals surface area contributed by atoms with E-state index in [-0.39, 0.29) is 12.2 Å². The third-order valence-corrected chi connectivity index (χ3v) is 11.1. The molecule has 0 heterocycles. The first-order valence-electron chi connectivity index (χ1n) is 13.0. The summed E-state index contributed by atoms with van der Waals surface area (Å²) in [6.45, 7) is 12.0. The van der Waals surface area contributed by atoms with Crippen molar-refractivity contribution in [3.63, 3.8) is 0 Å². The molecule has 0 saturated heterocycles. The fourth-order valence-corrected chi connectivity index (χ4v) is 9.18. The summed E-state index contributed by atoms with van der Waals surface area (Å²) < 4.78 is 0. The smallest absolute Gasteiger partial charge is 0.0563 e. The first-order chi connectivity index (χ1) is 13.7. The normalized spacial score (nSPS) is 49.2. The molecule has 4 fully saturated rings. The number of hydrogen-bond acceptors (Lipinski definition) is 2. The van der Waals surface area contributed by atoms with E-state index in [1.165, 1.54) is 51.4 Å². The lowest BCUT2D eigenvalue weighted by Crippen LogP contribution is -2.54. The van der Waals surface area contributed by atoms with Gasteiger partial charge in [0.25, 0.3) is 0 Å². The molecule has 0 spiro atoms. The first kappa shape index (κ1) is 22.1. The molecule has 0 aromatic carbocycles. The minimum atomic E-state index is -0.130. The standard InChI is InChI=1S/C27H48O2/c1-17(2)25(29)11-6-18(3)22-9-10-23-21-8-7-19-16-20(28)12-14-26(19,4)24(21)13-15-27(22,23)5/h17-25,28-29H,6-16H2,1-5H3. The zero-order valence-corrected chi connectivity index (χ0v) is 19.9. The monoisotopic (exact) mass is 404 g/mol. The van der Waals surface area contributed by atoms with Gasteiger partial charge in [-0.25, -0.2) is 0 Å². The Bertz CT molecular complexity index is 573. The van der Waals surface area contributed by atoms with Gasteiger partial charge >= 0.3 is 0 Å². The van der Waals surface area contributed by atoms with E-state index >= 15 is 0 Å². The molecule has 4 rings (SSSR count). The summed E-state index contributed by atoms with van der Waals surface area (Å²) in [4.78, 5) is 0. The highest BCUT2D eigenvalue weighted by molar-refractivity contribution is 5.09. The highest BCUT2D eigenvalue weighted by Gasteiger charge is 2.60. The summed E-state index contributed by atoms with van der Waals surface area (Å²) in [5, 5.41) is 20.6. The molecule has 29 heavy (non-hydrogen) atoms. The van der Waals surface area contributed by atoms with Crippen molar-refractivity contribution < 1.29 is 10.2 Å². The van der Waals surface area contributed by atoms with Crippen LogP contribution >= 0.6 is 0 Å². The Morgan fingerprint density at radius 3 is 2.24 bits per heavy atom. The van der Waals surface area contributed by atoms with E-state index in [2.05, 4.69) is 34.6 Å². The molecule has 0 aromatic rings. The second-order valence-electron chi connectivity index (χ2n) is 12.7. The Morgan fingerprint density at radius 1 is 0.828 bits per heavy atom. The molecule has 0 radical (unpaired) electrons. The molecule has 168 valence electrons. The molecule has 4 aliphatic rings. The maximum Gasteiger partial charge on any atom is 0.0563 e. The summed E-state index contributed by atoms with van der Waals surface area (Å²) in [7, 11) is 0. The summed E-state index contributed by atoms with van der Waals surface area (Å²) >= 11 is 0. The quantitative estimate of drug-likeness (QED) is 0.553. The molecule has 2 heteroatoms. The molecule has 4 aliphatic carbocycles. The summed E-state index contributed by atoms with van der Waals surface area (Å²) in [5.74, 6) is 5.51. The van der Waals surface area contributed by atoms with Crippen LogP contribution in [0.25, 0.3) is 0 Å². The van der Waals surface area contributed by atoms with Gasteiger partial charge in [0.15, 0.2) is 0 Å². The van der Waals surface area contributed by atoms with E-state index in [1.54, 1.807) is 0 Å². The fourth-order valence-electron chi connectivity index (χ4n) is 9.18. The first-order valence-corrected chi connectivity index (χ1v) is 13.0. The van der Waals surface area contributed by atoms with Crippen LogP contribution in [0, 0.1) is 52.3 Å². The van der Waals surface area contributed by atoms with Crippen LogP contribution in [0.15, 0.2) is 0 Å². The molecule has 10 atom stereocenters. The van der Waals surface area contributed by atoms with Gasteiger partial charge in [0.2, 0.25) is 0 Å². The molecule has 4 saturated carbocycles. The van der Waals surface area contributed by atoms with Gasteiger partial charge in [0.1, 0.15) is 0 Å². The van der Waals surface area contributed by atoms with Crippen molar-refractivity contribution in [3.05, 3.63) is 0 Å². The van der Waals surface area contributed by atoms with E-state index in [9.17, 15) is 10.2 Å². The topological polar surface area (TPSA) is 40.5 Å². The van der Waals surface area contributed by atoms with E-state index in [1.807, 2.05) is 0 Å². The van der Waals surface area contributed by atoms with Crippen LogP contribution in [0.3, 0.4) is 0 Å². The number of aliphatic hydroxyl groups is 2. The Kier molecular flexibility index (Phi) is 6.19. The average Bonchev–Trinajstić information content (AvgIpc) is 3.03. The number of rotatable bonds is 5. The SMILES string of the molecule is CC(C)C(O)CCC(C)C1CCC2C3CCC4CC(O)CCC4(C)C3CCC12C. The maximum atomic E-state index is 10.3. The van der Waals surface area contributed by atoms with Gasteiger partial charge in [-0.2, -0.15) is 0 Å². The van der Waals surface area contributed by atoms with Crippen molar-refractivity contribution in [3.8, 4) is 0 Å². The second kappa shape index (κ2) is 8.12. The van der Waals surface area contributed by atoms with Gasteiger partial charge in [-0.3, -0.25) is 0 Å². The van der Waals surface area contributed by atoms with Crippen LogP contribution in [0.1, 0.15) is 105 Å². The van der Waals surface area contributed by atoms with Crippen molar-refractivity contribution in [2.24, 2.45) is 52.3 Å². The summed E-state index contributed by atoms with van der Waals surface area (Å²) in [6, 6.07) is 0. The molecule has 10 unspecified atom stereocenters. The average molecular weight is 405 g/mol. The largest absolute Gasteiger partial charge is 0.393 e. The van der Waals surface area contributed by atoms with Gasteiger partial charge in [-0.05, 0) is 123 Å². The lowest BCUT2D eigenvalue weighted by atomic mass is 9.44. The second-order valence-corrected chi connectivity index (χ2v) is 12.7. The highest BCUT2D eigenvalue weighted by Crippen LogP contribution is 2.68. The molecule has 2 N–H and O–H groups in total. The maximum absolute atomic E-state index is 10.3. The van der Waals surface area contributed by atoms with E-state index < -0.39 is 0 Å². The van der Waals surface area contributed by atoms with Gasteiger partial charge in [0.05, 0.1) is 12.2 Å². The zero-order valence-electron chi connectivity index (χ0n) is 19.9. The summed E-state index contributed by atoms with van der Waals surface area (Å²) in [6.07, 6.45) is 13.9. The lowest BCUT2D eigenvalue weighted by Gasteiger charge is -2.61. The highest BCUT2D eigenvalue weighted by atomic mass is 16.3. The van der Waals surface area contributed by atoms with Gasteiger partial charge in [-0.15, -0.1) is 0 Å². The number of hydrogen-bond donors (Lipinski definition) is 2. The van der Waals surface area contributed by atoms with Crippen LogP contribution in [-0.2, 0) is 0 Å². The van der Waals surface area contributed by atoms with Crippen molar-refractivity contribution >= 4 is 0 Å². The van der Waals surface area contributed by atoms with E-state index in [0.29, 0.717) is 16.7 Å². The molecule has 0 aromatic heterocycles. The van der Waals surface area contributed by atoms with Crippen LogP contribution in [0.4, 0.5) is 0 Å². The fraction of sp³-hybridized carbons (Fsp3) is 1.00. The molecule has 0 bridgehead atoms. The van der Waals surface area contributed by atoms with Gasteiger partial charge in [0, 0.05) is 0 Å². The van der Waals surface area contributed by atoms with Crippen molar-refractivity contribution in [2.75, 3.05) is 0 Å². The Labute approximate surface area is 180 Å². The molecule has 2 nitrogen and oxygen atoms in total.